The molecule has 1 rings (SSSR count). The Kier molecular flexibility index (Phi) is 2.79. The first-order valence-corrected chi connectivity index (χ1v) is 3.93. The Hall–Kier alpha value is -0.730. The molecule has 5 atom stereocenters. The molecule has 82 valence electrons. The maximum Gasteiger partial charge on any atom is 0.335 e. The number of carbonyl (C=O) groups is 1. The number of aliphatic carboxylic acids is 1. The Morgan fingerprint density at radius 2 is 1.86 bits per heavy atom. The van der Waals surface area contributed by atoms with Crippen molar-refractivity contribution in [2.75, 3.05) is 0 Å². The van der Waals surface area contributed by atoms with E-state index in [0.717, 1.165) is 6.92 Å². The van der Waals surface area contributed by atoms with Crippen LogP contribution in [0.4, 0.5) is 0 Å². The highest BCUT2D eigenvalue weighted by atomic mass is 16.6. The van der Waals surface area contributed by atoms with E-state index in [1.807, 2.05) is 0 Å². The number of hydrogen-bond donors (Lipinski definition) is 5. The van der Waals surface area contributed by atoms with Crippen LogP contribution in [0.1, 0.15) is 6.92 Å². The van der Waals surface area contributed by atoms with Crippen molar-refractivity contribution in [2.24, 2.45) is 0 Å². The van der Waals surface area contributed by atoms with Gasteiger partial charge in [-0.3, -0.25) is 0 Å². The van der Waals surface area contributed by atoms with Gasteiger partial charge < -0.3 is 30.3 Å². The molecule has 0 aromatic heterocycles. The molecule has 0 aromatic carbocycles. The van der Waals surface area contributed by atoms with Gasteiger partial charge in [-0.05, 0) is 6.92 Å². The molecule has 14 heavy (non-hydrogen) atoms. The third-order valence-electron chi connectivity index (χ3n) is 2.25. The van der Waals surface area contributed by atoms with Gasteiger partial charge in [0.25, 0.3) is 0 Å². The Balaban J connectivity index is 2.89. The predicted molar refractivity (Wildman–Crippen MR) is 41.2 cm³/mol. The van der Waals surface area contributed by atoms with Crippen molar-refractivity contribution in [1.82, 2.24) is 0 Å². The quantitative estimate of drug-likeness (QED) is 0.316. The Bertz CT molecular complexity index is 238. The fourth-order valence-corrected chi connectivity index (χ4v) is 1.22. The highest BCUT2D eigenvalue weighted by Gasteiger charge is 2.53. The van der Waals surface area contributed by atoms with Crippen molar-refractivity contribution in [3.8, 4) is 0 Å². The summed E-state index contributed by atoms with van der Waals surface area (Å²) in [6, 6.07) is 0. The lowest BCUT2D eigenvalue weighted by Gasteiger charge is -2.42. The standard InChI is InChI=1S/C7H12O7/c1-7(13)4(9)2(8)3(5(10)11)14-6(7)12/h2-4,6,8-9,12-13H,1H3,(H,10,11). The molecule has 0 aromatic rings. The Labute approximate surface area is 79.2 Å². The SMILES string of the molecule is CC1(O)C(O)OC(C(=O)O)C(O)C1O. The van der Waals surface area contributed by atoms with Gasteiger partial charge in [0.1, 0.15) is 17.8 Å². The average molecular weight is 208 g/mol. The summed E-state index contributed by atoms with van der Waals surface area (Å²) in [5.41, 5.74) is -2.09. The van der Waals surface area contributed by atoms with Crippen LogP contribution in [0, 0.1) is 0 Å². The second-order valence-electron chi connectivity index (χ2n) is 3.41. The van der Waals surface area contributed by atoms with E-state index in [0.29, 0.717) is 0 Å². The van der Waals surface area contributed by atoms with E-state index in [1.165, 1.54) is 0 Å². The van der Waals surface area contributed by atoms with E-state index >= 15 is 0 Å². The molecule has 1 fully saturated rings. The fraction of sp³-hybridized carbons (Fsp3) is 0.857. The first-order valence-electron chi connectivity index (χ1n) is 3.93. The molecule has 0 saturated carbocycles. The third-order valence-corrected chi connectivity index (χ3v) is 2.25. The highest BCUT2D eigenvalue weighted by molar-refractivity contribution is 5.73. The van der Waals surface area contributed by atoms with E-state index in [4.69, 9.17) is 10.2 Å². The minimum atomic E-state index is -2.09. The highest BCUT2D eigenvalue weighted by Crippen LogP contribution is 2.28. The van der Waals surface area contributed by atoms with Gasteiger partial charge in [0, 0.05) is 0 Å². The topological polar surface area (TPSA) is 127 Å². The molecule has 7 nitrogen and oxygen atoms in total. The van der Waals surface area contributed by atoms with E-state index in [1.54, 1.807) is 0 Å². The van der Waals surface area contributed by atoms with Crippen LogP contribution in [0.2, 0.25) is 0 Å². The monoisotopic (exact) mass is 208 g/mol. The minimum Gasteiger partial charge on any atom is -0.479 e. The number of carboxylic acids is 1. The van der Waals surface area contributed by atoms with Crippen LogP contribution in [-0.2, 0) is 9.53 Å². The summed E-state index contributed by atoms with van der Waals surface area (Å²) < 4.78 is 4.44. The second kappa shape index (κ2) is 3.44. The third kappa shape index (κ3) is 1.60. The molecular formula is C7H12O7. The molecule has 1 aliphatic rings. The van der Waals surface area contributed by atoms with Gasteiger partial charge in [0.2, 0.25) is 0 Å². The van der Waals surface area contributed by atoms with Crippen molar-refractivity contribution in [3.05, 3.63) is 0 Å². The number of aliphatic hydroxyl groups excluding tert-OH is 3. The van der Waals surface area contributed by atoms with E-state index in [-0.39, 0.29) is 0 Å². The van der Waals surface area contributed by atoms with Crippen LogP contribution in [-0.4, -0.2) is 61.7 Å². The summed E-state index contributed by atoms with van der Waals surface area (Å²) in [5.74, 6) is -1.52. The number of carboxylic acid groups (broad SMARTS) is 1. The summed E-state index contributed by atoms with van der Waals surface area (Å²) >= 11 is 0. The smallest absolute Gasteiger partial charge is 0.335 e. The van der Waals surface area contributed by atoms with Gasteiger partial charge in [0.05, 0.1) is 0 Å². The lowest BCUT2D eigenvalue weighted by Crippen LogP contribution is -2.65. The number of rotatable bonds is 1. The largest absolute Gasteiger partial charge is 0.479 e. The normalized spacial score (nSPS) is 48.9. The molecule has 1 saturated heterocycles. The molecule has 1 heterocycles. The van der Waals surface area contributed by atoms with Crippen molar-refractivity contribution >= 4 is 5.97 Å². The first-order chi connectivity index (χ1) is 6.28. The van der Waals surface area contributed by atoms with Crippen LogP contribution < -0.4 is 0 Å². The van der Waals surface area contributed by atoms with Gasteiger partial charge in [-0.1, -0.05) is 0 Å². The lowest BCUT2D eigenvalue weighted by atomic mass is 9.88. The molecule has 0 aliphatic carbocycles. The van der Waals surface area contributed by atoms with Crippen molar-refractivity contribution in [2.45, 2.75) is 37.1 Å². The molecule has 0 radical (unpaired) electrons. The fourth-order valence-electron chi connectivity index (χ4n) is 1.22. The van der Waals surface area contributed by atoms with Crippen LogP contribution >= 0.6 is 0 Å². The van der Waals surface area contributed by atoms with Crippen LogP contribution in [0.25, 0.3) is 0 Å². The number of ether oxygens (including phenoxy) is 1. The summed E-state index contributed by atoms with van der Waals surface area (Å²) in [7, 11) is 0. The Morgan fingerprint density at radius 1 is 1.36 bits per heavy atom. The molecule has 0 amide bonds. The van der Waals surface area contributed by atoms with Crippen LogP contribution in [0.3, 0.4) is 0 Å². The molecule has 7 heteroatoms. The van der Waals surface area contributed by atoms with Crippen molar-refractivity contribution in [1.29, 1.82) is 0 Å². The van der Waals surface area contributed by atoms with Crippen LogP contribution in [0.5, 0.6) is 0 Å². The molecule has 5 unspecified atom stereocenters. The minimum absolute atomic E-state index is 1.03. The second-order valence-corrected chi connectivity index (χ2v) is 3.41. The molecular weight excluding hydrogens is 196 g/mol. The van der Waals surface area contributed by atoms with Gasteiger partial charge in [-0.25, -0.2) is 4.79 Å². The Morgan fingerprint density at radius 3 is 2.29 bits per heavy atom. The van der Waals surface area contributed by atoms with E-state index in [2.05, 4.69) is 4.74 Å². The number of hydrogen-bond acceptors (Lipinski definition) is 6. The van der Waals surface area contributed by atoms with Gasteiger partial charge >= 0.3 is 5.97 Å². The van der Waals surface area contributed by atoms with Gasteiger partial charge in [0.15, 0.2) is 12.4 Å². The van der Waals surface area contributed by atoms with Gasteiger partial charge in [-0.2, -0.15) is 0 Å². The predicted octanol–water partition coefficient (Wildman–Crippen LogP) is -2.74. The van der Waals surface area contributed by atoms with Gasteiger partial charge in [-0.15, -0.1) is 0 Å². The average Bonchev–Trinajstić information content (AvgIpc) is 2.08. The van der Waals surface area contributed by atoms with Crippen LogP contribution in [0.15, 0.2) is 0 Å². The molecule has 0 spiro atoms. The molecule has 1 aliphatic heterocycles. The van der Waals surface area contributed by atoms with Crippen molar-refractivity contribution < 1.29 is 35.1 Å². The molecule has 5 N–H and O–H groups in total. The maximum atomic E-state index is 10.5. The molecule has 0 bridgehead atoms. The zero-order valence-electron chi connectivity index (χ0n) is 7.36. The van der Waals surface area contributed by atoms with E-state index < -0.39 is 36.2 Å². The summed E-state index contributed by atoms with van der Waals surface area (Å²) in [4.78, 5) is 10.5. The van der Waals surface area contributed by atoms with E-state index in [9.17, 15) is 20.1 Å². The first kappa shape index (κ1) is 11.3. The zero-order chi connectivity index (χ0) is 11.1. The van der Waals surface area contributed by atoms with Crippen molar-refractivity contribution in [3.63, 3.8) is 0 Å². The zero-order valence-corrected chi connectivity index (χ0v) is 7.36. The summed E-state index contributed by atoms with van der Waals surface area (Å²) in [6.07, 6.45) is -7.18. The summed E-state index contributed by atoms with van der Waals surface area (Å²) in [6.45, 7) is 1.03. The lowest BCUT2D eigenvalue weighted by molar-refractivity contribution is -0.316. The summed E-state index contributed by atoms with van der Waals surface area (Å²) in [5, 5.41) is 45.6. The maximum absolute atomic E-state index is 10.5. The number of aliphatic hydroxyl groups is 4.